The number of hydrogen-bond acceptors (Lipinski definition) is 1. The lowest BCUT2D eigenvalue weighted by molar-refractivity contribution is 0.363. The van der Waals surface area contributed by atoms with Crippen molar-refractivity contribution < 1.29 is 0 Å². The highest BCUT2D eigenvalue weighted by Gasteiger charge is 1.97. The lowest BCUT2D eigenvalue weighted by Crippen LogP contribution is -2.17. The molecule has 0 radical (unpaired) electrons. The van der Waals surface area contributed by atoms with E-state index in [1.54, 1.807) is 0 Å². The van der Waals surface area contributed by atoms with E-state index in [0.717, 1.165) is 13.1 Å². The number of benzene rings is 1. The van der Waals surface area contributed by atoms with Gasteiger partial charge in [-0.05, 0) is 47.3 Å². The van der Waals surface area contributed by atoms with Gasteiger partial charge in [0.05, 0.1) is 0 Å². The summed E-state index contributed by atoms with van der Waals surface area (Å²) in [5.41, 5.74) is 1.35. The Hall–Kier alpha value is -0.350. The maximum Gasteiger partial charge on any atom is 0.0234 e. The molecule has 13 heavy (non-hydrogen) atoms. The van der Waals surface area contributed by atoms with E-state index in [2.05, 4.69) is 65.4 Å². The molecule has 0 saturated carbocycles. The molecule has 70 valence electrons. The Kier molecular flexibility index (Phi) is 4.45. The standard InChI is InChI=1S/C11H14IN/c1-3-8-13(2)9-10-4-6-11(12)7-5-10/h3-7H,1,8-9H2,2H3. The number of likely N-dealkylation sites (N-methyl/N-ethyl adjacent to an activating group) is 1. The molecule has 0 fully saturated rings. The zero-order chi connectivity index (χ0) is 9.68. The van der Waals surface area contributed by atoms with Gasteiger partial charge in [-0.2, -0.15) is 0 Å². The normalized spacial score (nSPS) is 10.4. The molecular weight excluding hydrogens is 273 g/mol. The Morgan fingerprint density at radius 3 is 2.54 bits per heavy atom. The third-order valence-corrected chi connectivity index (χ3v) is 2.53. The van der Waals surface area contributed by atoms with E-state index in [1.807, 2.05) is 6.08 Å². The van der Waals surface area contributed by atoms with Crippen molar-refractivity contribution in [3.63, 3.8) is 0 Å². The predicted molar refractivity (Wildman–Crippen MR) is 65.7 cm³/mol. The first-order valence-electron chi connectivity index (χ1n) is 4.26. The van der Waals surface area contributed by atoms with Gasteiger partial charge in [0.25, 0.3) is 0 Å². The van der Waals surface area contributed by atoms with Gasteiger partial charge in [0, 0.05) is 16.7 Å². The molecule has 0 aromatic heterocycles. The van der Waals surface area contributed by atoms with Crippen LogP contribution in [-0.2, 0) is 6.54 Å². The average molecular weight is 287 g/mol. The molecule has 0 heterocycles. The Balaban J connectivity index is 2.53. The van der Waals surface area contributed by atoms with Crippen molar-refractivity contribution in [3.8, 4) is 0 Å². The van der Waals surface area contributed by atoms with E-state index in [-0.39, 0.29) is 0 Å². The van der Waals surface area contributed by atoms with Crippen molar-refractivity contribution in [2.24, 2.45) is 0 Å². The minimum absolute atomic E-state index is 0.936. The lowest BCUT2D eigenvalue weighted by atomic mass is 10.2. The van der Waals surface area contributed by atoms with Crippen LogP contribution in [-0.4, -0.2) is 18.5 Å². The van der Waals surface area contributed by atoms with E-state index in [9.17, 15) is 0 Å². The molecule has 0 aliphatic rings. The van der Waals surface area contributed by atoms with E-state index in [4.69, 9.17) is 0 Å². The first-order chi connectivity index (χ1) is 6.22. The number of nitrogens with zero attached hydrogens (tertiary/aromatic N) is 1. The fourth-order valence-corrected chi connectivity index (χ4v) is 1.55. The first kappa shape index (κ1) is 10.7. The predicted octanol–water partition coefficient (Wildman–Crippen LogP) is 2.91. The Morgan fingerprint density at radius 1 is 1.38 bits per heavy atom. The second kappa shape index (κ2) is 5.40. The van der Waals surface area contributed by atoms with Crippen molar-refractivity contribution in [1.82, 2.24) is 4.90 Å². The average Bonchev–Trinajstić information content (AvgIpc) is 2.09. The molecule has 0 saturated heterocycles. The second-order valence-corrected chi connectivity index (χ2v) is 4.36. The van der Waals surface area contributed by atoms with Crippen LogP contribution in [0.15, 0.2) is 36.9 Å². The van der Waals surface area contributed by atoms with Crippen LogP contribution in [0.25, 0.3) is 0 Å². The third-order valence-electron chi connectivity index (χ3n) is 1.81. The van der Waals surface area contributed by atoms with Gasteiger partial charge in [0.2, 0.25) is 0 Å². The largest absolute Gasteiger partial charge is 0.298 e. The first-order valence-corrected chi connectivity index (χ1v) is 5.34. The molecule has 0 N–H and O–H groups in total. The fraction of sp³-hybridized carbons (Fsp3) is 0.273. The minimum atomic E-state index is 0.936. The second-order valence-electron chi connectivity index (χ2n) is 3.11. The van der Waals surface area contributed by atoms with Crippen LogP contribution in [0.1, 0.15) is 5.56 Å². The highest BCUT2D eigenvalue weighted by atomic mass is 127. The summed E-state index contributed by atoms with van der Waals surface area (Å²) in [5.74, 6) is 0. The van der Waals surface area contributed by atoms with E-state index in [0.29, 0.717) is 0 Å². The molecule has 0 amide bonds. The van der Waals surface area contributed by atoms with Crippen molar-refractivity contribution in [2.75, 3.05) is 13.6 Å². The highest BCUT2D eigenvalue weighted by Crippen LogP contribution is 2.08. The Bertz CT molecular complexity index is 266. The van der Waals surface area contributed by atoms with Crippen LogP contribution in [0.4, 0.5) is 0 Å². The van der Waals surface area contributed by atoms with Gasteiger partial charge >= 0.3 is 0 Å². The van der Waals surface area contributed by atoms with Crippen LogP contribution < -0.4 is 0 Å². The van der Waals surface area contributed by atoms with Gasteiger partial charge in [-0.1, -0.05) is 18.2 Å². The summed E-state index contributed by atoms with van der Waals surface area (Å²) in [4.78, 5) is 2.23. The number of halogens is 1. The molecule has 0 spiro atoms. The molecule has 0 bridgehead atoms. The summed E-state index contributed by atoms with van der Waals surface area (Å²) in [6, 6.07) is 8.61. The summed E-state index contributed by atoms with van der Waals surface area (Å²) >= 11 is 2.32. The Morgan fingerprint density at radius 2 is 2.00 bits per heavy atom. The summed E-state index contributed by atoms with van der Waals surface area (Å²) in [6.07, 6.45) is 1.92. The van der Waals surface area contributed by atoms with Crippen molar-refractivity contribution in [2.45, 2.75) is 6.54 Å². The lowest BCUT2D eigenvalue weighted by Gasteiger charge is -2.13. The van der Waals surface area contributed by atoms with Gasteiger partial charge in [-0.15, -0.1) is 6.58 Å². The van der Waals surface area contributed by atoms with Crippen molar-refractivity contribution in [1.29, 1.82) is 0 Å². The van der Waals surface area contributed by atoms with Crippen molar-refractivity contribution in [3.05, 3.63) is 46.1 Å². The molecule has 0 aliphatic heterocycles. The summed E-state index contributed by atoms with van der Waals surface area (Å²) in [7, 11) is 2.10. The van der Waals surface area contributed by atoms with Crippen LogP contribution >= 0.6 is 22.6 Å². The molecule has 1 aromatic rings. The minimum Gasteiger partial charge on any atom is -0.298 e. The Labute approximate surface area is 93.6 Å². The van der Waals surface area contributed by atoms with Crippen LogP contribution in [0.2, 0.25) is 0 Å². The summed E-state index contributed by atoms with van der Waals surface area (Å²) in [6.45, 7) is 5.64. The smallest absolute Gasteiger partial charge is 0.0234 e. The maximum atomic E-state index is 3.71. The SMILES string of the molecule is C=CCN(C)Cc1ccc(I)cc1. The van der Waals surface area contributed by atoms with Crippen LogP contribution in [0.5, 0.6) is 0 Å². The molecule has 0 aliphatic carbocycles. The molecule has 0 unspecified atom stereocenters. The van der Waals surface area contributed by atoms with Gasteiger partial charge < -0.3 is 0 Å². The monoisotopic (exact) mass is 287 g/mol. The van der Waals surface area contributed by atoms with E-state index in [1.165, 1.54) is 9.13 Å². The molecule has 1 rings (SSSR count). The maximum absolute atomic E-state index is 3.71. The van der Waals surface area contributed by atoms with E-state index >= 15 is 0 Å². The number of hydrogen-bond donors (Lipinski definition) is 0. The van der Waals surface area contributed by atoms with Gasteiger partial charge in [-0.3, -0.25) is 4.90 Å². The number of rotatable bonds is 4. The zero-order valence-electron chi connectivity index (χ0n) is 7.83. The van der Waals surface area contributed by atoms with Gasteiger partial charge in [0.15, 0.2) is 0 Å². The molecule has 0 atom stereocenters. The molecular formula is C11H14IN. The zero-order valence-corrected chi connectivity index (χ0v) is 9.99. The fourth-order valence-electron chi connectivity index (χ4n) is 1.19. The quantitative estimate of drug-likeness (QED) is 0.608. The van der Waals surface area contributed by atoms with Gasteiger partial charge in [-0.25, -0.2) is 0 Å². The molecule has 1 aromatic carbocycles. The van der Waals surface area contributed by atoms with Crippen LogP contribution in [0.3, 0.4) is 0 Å². The molecule has 1 nitrogen and oxygen atoms in total. The van der Waals surface area contributed by atoms with Crippen LogP contribution in [0, 0.1) is 3.57 Å². The van der Waals surface area contributed by atoms with Crippen molar-refractivity contribution >= 4 is 22.6 Å². The molecule has 2 heteroatoms. The highest BCUT2D eigenvalue weighted by molar-refractivity contribution is 14.1. The topological polar surface area (TPSA) is 3.24 Å². The summed E-state index contributed by atoms with van der Waals surface area (Å²) in [5, 5.41) is 0. The van der Waals surface area contributed by atoms with E-state index < -0.39 is 0 Å². The van der Waals surface area contributed by atoms with Gasteiger partial charge in [0.1, 0.15) is 0 Å². The third kappa shape index (κ3) is 3.91. The summed E-state index contributed by atoms with van der Waals surface area (Å²) < 4.78 is 1.28.